The van der Waals surface area contributed by atoms with Gasteiger partial charge in [-0.3, -0.25) is 0 Å². The minimum atomic E-state index is 0.469. The normalized spacial score (nSPS) is 33.0. The molecule has 0 spiro atoms. The number of rotatable bonds is 0. The second-order valence-electron chi connectivity index (χ2n) is 3.73. The predicted octanol–water partition coefficient (Wildman–Crippen LogP) is 1.27. The van der Waals surface area contributed by atoms with Gasteiger partial charge in [0, 0.05) is 5.56 Å². The number of nitrogens with one attached hydrogen (secondary N) is 1. The van der Waals surface area contributed by atoms with Gasteiger partial charge >= 0.3 is 0 Å². The molecule has 1 aliphatic heterocycles. The van der Waals surface area contributed by atoms with Crippen LogP contribution in [0.25, 0.3) is 0 Å². The number of hydrogen-bond acceptors (Lipinski definition) is 3. The number of fused-ring (bicyclic) bond motifs is 3. The fourth-order valence-corrected chi connectivity index (χ4v) is 2.43. The first-order chi connectivity index (χ1) is 5.95. The Hall–Kier alpha value is -0.830. The van der Waals surface area contributed by atoms with E-state index in [9.17, 15) is 0 Å². The lowest BCUT2D eigenvalue weighted by atomic mass is 9.85. The van der Waals surface area contributed by atoms with Crippen molar-refractivity contribution < 1.29 is 4.52 Å². The number of nitrogens with zero attached hydrogens (tertiary/aromatic N) is 1. The SMILES string of the molecule is c1noc2c1CCC1CCNC21. The van der Waals surface area contributed by atoms with Crippen LogP contribution in [-0.2, 0) is 6.42 Å². The van der Waals surface area contributed by atoms with Crippen molar-refractivity contribution in [2.45, 2.75) is 25.3 Å². The van der Waals surface area contributed by atoms with Crippen LogP contribution in [0.2, 0.25) is 0 Å². The van der Waals surface area contributed by atoms with Crippen LogP contribution in [0, 0.1) is 5.92 Å². The van der Waals surface area contributed by atoms with Crippen molar-refractivity contribution in [1.82, 2.24) is 10.5 Å². The summed E-state index contributed by atoms with van der Waals surface area (Å²) in [6, 6.07) is 0.469. The van der Waals surface area contributed by atoms with Crippen LogP contribution in [0.1, 0.15) is 30.2 Å². The van der Waals surface area contributed by atoms with Crippen molar-refractivity contribution in [3.63, 3.8) is 0 Å². The van der Waals surface area contributed by atoms with E-state index in [1.807, 2.05) is 6.20 Å². The van der Waals surface area contributed by atoms with Gasteiger partial charge in [0.25, 0.3) is 0 Å². The highest BCUT2D eigenvalue weighted by atomic mass is 16.5. The zero-order chi connectivity index (χ0) is 7.97. The third-order valence-electron chi connectivity index (χ3n) is 3.09. The van der Waals surface area contributed by atoms with Gasteiger partial charge in [-0.15, -0.1) is 0 Å². The maximum absolute atomic E-state index is 5.26. The van der Waals surface area contributed by atoms with Gasteiger partial charge in [-0.05, 0) is 31.7 Å². The summed E-state index contributed by atoms with van der Waals surface area (Å²) in [6.45, 7) is 1.13. The van der Waals surface area contributed by atoms with Gasteiger partial charge in [0.05, 0.1) is 12.2 Å². The van der Waals surface area contributed by atoms with Crippen molar-refractivity contribution in [3.05, 3.63) is 17.5 Å². The number of aryl methyl sites for hydroxylation is 1. The lowest BCUT2D eigenvalue weighted by Crippen LogP contribution is -2.22. The Morgan fingerprint density at radius 1 is 1.50 bits per heavy atom. The second-order valence-corrected chi connectivity index (χ2v) is 3.73. The van der Waals surface area contributed by atoms with E-state index in [-0.39, 0.29) is 0 Å². The molecular weight excluding hydrogens is 152 g/mol. The zero-order valence-corrected chi connectivity index (χ0v) is 6.92. The Balaban J connectivity index is 2.04. The molecule has 64 valence electrons. The number of hydrogen-bond donors (Lipinski definition) is 1. The molecule has 0 aromatic carbocycles. The van der Waals surface area contributed by atoms with Crippen LogP contribution in [0.5, 0.6) is 0 Å². The largest absolute Gasteiger partial charge is 0.359 e. The van der Waals surface area contributed by atoms with Crippen LogP contribution < -0.4 is 5.32 Å². The topological polar surface area (TPSA) is 38.1 Å². The molecule has 3 heteroatoms. The van der Waals surface area contributed by atoms with Crippen LogP contribution in [-0.4, -0.2) is 11.7 Å². The predicted molar refractivity (Wildman–Crippen MR) is 43.7 cm³/mol. The van der Waals surface area contributed by atoms with E-state index in [0.29, 0.717) is 6.04 Å². The number of aromatic nitrogens is 1. The lowest BCUT2D eigenvalue weighted by molar-refractivity contribution is 0.295. The summed E-state index contributed by atoms with van der Waals surface area (Å²) < 4.78 is 5.26. The van der Waals surface area contributed by atoms with E-state index in [0.717, 1.165) is 24.6 Å². The summed E-state index contributed by atoms with van der Waals surface area (Å²) in [5.74, 6) is 1.90. The molecule has 1 aromatic heterocycles. The van der Waals surface area contributed by atoms with Gasteiger partial charge in [0.15, 0.2) is 5.76 Å². The van der Waals surface area contributed by atoms with Crippen LogP contribution >= 0.6 is 0 Å². The van der Waals surface area contributed by atoms with E-state index in [1.54, 1.807) is 0 Å². The van der Waals surface area contributed by atoms with Gasteiger partial charge in [-0.1, -0.05) is 5.16 Å². The standard InChI is InChI=1S/C9H12N2O/c1-2-7-5-11-12-9(7)8-6(1)3-4-10-8/h5-6,8,10H,1-4H2. The molecule has 12 heavy (non-hydrogen) atoms. The molecule has 2 unspecified atom stereocenters. The molecule has 1 N–H and O–H groups in total. The summed E-state index contributed by atoms with van der Waals surface area (Å²) >= 11 is 0. The third-order valence-corrected chi connectivity index (χ3v) is 3.09. The quantitative estimate of drug-likeness (QED) is 0.627. The zero-order valence-electron chi connectivity index (χ0n) is 6.92. The average molecular weight is 164 g/mol. The highest BCUT2D eigenvalue weighted by Gasteiger charge is 2.35. The Bertz CT molecular complexity index is 294. The minimum Gasteiger partial charge on any atom is -0.359 e. The minimum absolute atomic E-state index is 0.469. The molecule has 2 aliphatic rings. The van der Waals surface area contributed by atoms with Crippen molar-refractivity contribution in [2.24, 2.45) is 5.92 Å². The average Bonchev–Trinajstić information content (AvgIpc) is 2.71. The summed E-state index contributed by atoms with van der Waals surface area (Å²) in [7, 11) is 0. The Morgan fingerprint density at radius 2 is 2.50 bits per heavy atom. The smallest absolute Gasteiger partial charge is 0.157 e. The van der Waals surface area contributed by atoms with Crippen LogP contribution in [0.3, 0.4) is 0 Å². The van der Waals surface area contributed by atoms with Crippen molar-refractivity contribution in [1.29, 1.82) is 0 Å². The van der Waals surface area contributed by atoms with Crippen LogP contribution in [0.15, 0.2) is 10.7 Å². The van der Waals surface area contributed by atoms with Crippen molar-refractivity contribution in [2.75, 3.05) is 6.54 Å². The van der Waals surface area contributed by atoms with Gasteiger partial charge in [-0.2, -0.15) is 0 Å². The molecular formula is C9H12N2O. The van der Waals surface area contributed by atoms with Crippen molar-refractivity contribution in [3.8, 4) is 0 Å². The third kappa shape index (κ3) is 0.771. The fourth-order valence-electron chi connectivity index (χ4n) is 2.43. The molecule has 0 saturated carbocycles. The molecule has 1 aliphatic carbocycles. The molecule has 2 atom stereocenters. The summed E-state index contributed by atoms with van der Waals surface area (Å²) in [4.78, 5) is 0. The molecule has 0 radical (unpaired) electrons. The highest BCUT2D eigenvalue weighted by Crippen LogP contribution is 2.38. The molecule has 1 aromatic rings. The van der Waals surface area contributed by atoms with E-state index in [2.05, 4.69) is 10.5 Å². The van der Waals surface area contributed by atoms with E-state index in [1.165, 1.54) is 18.4 Å². The first kappa shape index (κ1) is 6.66. The van der Waals surface area contributed by atoms with Gasteiger partial charge in [0.1, 0.15) is 0 Å². The highest BCUT2D eigenvalue weighted by molar-refractivity contribution is 5.22. The van der Waals surface area contributed by atoms with Gasteiger partial charge < -0.3 is 9.84 Å². The van der Waals surface area contributed by atoms with E-state index >= 15 is 0 Å². The second kappa shape index (κ2) is 2.33. The molecule has 0 bridgehead atoms. The molecule has 3 nitrogen and oxygen atoms in total. The monoisotopic (exact) mass is 164 g/mol. The maximum atomic E-state index is 5.26. The first-order valence-corrected chi connectivity index (χ1v) is 4.62. The van der Waals surface area contributed by atoms with E-state index in [4.69, 9.17) is 4.52 Å². The maximum Gasteiger partial charge on any atom is 0.157 e. The first-order valence-electron chi connectivity index (χ1n) is 4.62. The van der Waals surface area contributed by atoms with Crippen LogP contribution in [0.4, 0.5) is 0 Å². The van der Waals surface area contributed by atoms with Gasteiger partial charge in [0.2, 0.25) is 0 Å². The molecule has 1 fully saturated rings. The molecule has 3 rings (SSSR count). The van der Waals surface area contributed by atoms with E-state index < -0.39 is 0 Å². The summed E-state index contributed by atoms with van der Waals surface area (Å²) in [5, 5.41) is 7.32. The Labute approximate surface area is 71.1 Å². The summed E-state index contributed by atoms with van der Waals surface area (Å²) in [5.41, 5.74) is 1.31. The van der Waals surface area contributed by atoms with Gasteiger partial charge in [-0.25, -0.2) is 0 Å². The fraction of sp³-hybridized carbons (Fsp3) is 0.667. The lowest BCUT2D eigenvalue weighted by Gasteiger charge is -2.22. The Kier molecular flexibility index (Phi) is 1.29. The molecule has 2 heterocycles. The summed E-state index contributed by atoms with van der Waals surface area (Å²) in [6.07, 6.45) is 5.62. The molecule has 1 saturated heterocycles. The molecule has 0 amide bonds. The Morgan fingerprint density at radius 3 is 3.50 bits per heavy atom. The van der Waals surface area contributed by atoms with Crippen molar-refractivity contribution >= 4 is 0 Å².